The van der Waals surface area contributed by atoms with Gasteiger partial charge in [-0.15, -0.1) is 0 Å². The molecule has 0 amide bonds. The molecule has 0 radical (unpaired) electrons. The average molecular weight is 242 g/mol. The third kappa shape index (κ3) is 4.14. The van der Waals surface area contributed by atoms with Crippen LogP contribution in [0.2, 0.25) is 0 Å². The Morgan fingerprint density at radius 2 is 2.18 bits per heavy atom. The van der Waals surface area contributed by atoms with Gasteiger partial charge in [0.1, 0.15) is 0 Å². The summed E-state index contributed by atoms with van der Waals surface area (Å²) in [6.07, 6.45) is 2.05. The second-order valence-electron chi connectivity index (χ2n) is 4.48. The highest BCUT2D eigenvalue weighted by atomic mass is 19.1. The summed E-state index contributed by atoms with van der Waals surface area (Å²) in [4.78, 5) is 7.86. The largest absolute Gasteiger partial charge is 0.394 e. The Labute approximate surface area is 100 Å². The zero-order chi connectivity index (χ0) is 12.9. The molecule has 96 valence electrons. The summed E-state index contributed by atoms with van der Waals surface area (Å²) in [5.41, 5.74) is -0.628. The molecule has 0 bridgehead atoms. The number of aliphatic hydroxyl groups excluding tert-OH is 1. The molecule has 0 aliphatic heterocycles. The summed E-state index contributed by atoms with van der Waals surface area (Å²) in [5, 5.41) is 14.9. The molecule has 1 rings (SSSR count). The van der Waals surface area contributed by atoms with Crippen LogP contribution in [0.1, 0.15) is 27.2 Å². The minimum absolute atomic E-state index is 0.0950. The maximum Gasteiger partial charge on any atom is 0.224 e. The van der Waals surface area contributed by atoms with Gasteiger partial charge in [-0.3, -0.25) is 0 Å². The first-order chi connectivity index (χ1) is 7.98. The Morgan fingerprint density at radius 1 is 1.47 bits per heavy atom. The van der Waals surface area contributed by atoms with Crippen LogP contribution in [0.5, 0.6) is 0 Å². The van der Waals surface area contributed by atoms with Crippen molar-refractivity contribution < 1.29 is 9.50 Å². The van der Waals surface area contributed by atoms with E-state index in [0.717, 1.165) is 19.2 Å². The Kier molecular flexibility index (Phi) is 4.62. The molecule has 0 spiro atoms. The van der Waals surface area contributed by atoms with E-state index < -0.39 is 11.4 Å². The van der Waals surface area contributed by atoms with Crippen LogP contribution in [0.3, 0.4) is 0 Å². The van der Waals surface area contributed by atoms with E-state index in [0.29, 0.717) is 5.95 Å². The van der Waals surface area contributed by atoms with Crippen LogP contribution < -0.4 is 10.6 Å². The van der Waals surface area contributed by atoms with Crippen LogP contribution in [0.4, 0.5) is 16.2 Å². The molecule has 1 aromatic heterocycles. The number of rotatable bonds is 6. The van der Waals surface area contributed by atoms with Gasteiger partial charge < -0.3 is 15.7 Å². The van der Waals surface area contributed by atoms with Gasteiger partial charge in [0.05, 0.1) is 18.3 Å². The lowest BCUT2D eigenvalue weighted by atomic mass is 10.1. The predicted octanol–water partition coefficient (Wildman–Crippen LogP) is 1.62. The topological polar surface area (TPSA) is 70.1 Å². The lowest BCUT2D eigenvalue weighted by Gasteiger charge is -2.24. The molecule has 17 heavy (non-hydrogen) atoms. The van der Waals surface area contributed by atoms with Crippen molar-refractivity contribution in [2.75, 3.05) is 23.8 Å². The van der Waals surface area contributed by atoms with Crippen molar-refractivity contribution in [2.24, 2.45) is 0 Å². The van der Waals surface area contributed by atoms with E-state index in [1.807, 2.05) is 6.92 Å². The van der Waals surface area contributed by atoms with Crippen LogP contribution in [0.15, 0.2) is 6.20 Å². The van der Waals surface area contributed by atoms with E-state index in [4.69, 9.17) is 5.11 Å². The molecule has 0 unspecified atom stereocenters. The van der Waals surface area contributed by atoms with Crippen molar-refractivity contribution in [3.8, 4) is 0 Å². The van der Waals surface area contributed by atoms with Gasteiger partial charge in [0.15, 0.2) is 11.6 Å². The molecule has 0 atom stereocenters. The maximum atomic E-state index is 13.5. The van der Waals surface area contributed by atoms with E-state index in [-0.39, 0.29) is 12.4 Å². The van der Waals surface area contributed by atoms with Gasteiger partial charge in [0.25, 0.3) is 0 Å². The standard InChI is InChI=1S/C11H19FN4O/c1-4-5-13-10-14-6-8(12)9(15-10)16-11(2,3)7-17/h6,17H,4-5,7H2,1-3H3,(H2,13,14,15,16). The molecule has 3 N–H and O–H groups in total. The number of hydrogen-bond donors (Lipinski definition) is 3. The molecule has 0 fully saturated rings. The van der Waals surface area contributed by atoms with Gasteiger partial charge in [-0.2, -0.15) is 4.98 Å². The molecular formula is C11H19FN4O. The quantitative estimate of drug-likeness (QED) is 0.707. The van der Waals surface area contributed by atoms with Gasteiger partial charge in [-0.25, -0.2) is 9.37 Å². The van der Waals surface area contributed by atoms with Gasteiger partial charge in [0, 0.05) is 6.54 Å². The van der Waals surface area contributed by atoms with Crippen LogP contribution in [0, 0.1) is 5.82 Å². The summed E-state index contributed by atoms with van der Waals surface area (Å²) < 4.78 is 13.5. The Bertz CT molecular complexity index is 370. The highest BCUT2D eigenvalue weighted by Crippen LogP contribution is 2.17. The van der Waals surface area contributed by atoms with E-state index in [9.17, 15) is 4.39 Å². The SMILES string of the molecule is CCCNc1ncc(F)c(NC(C)(C)CO)n1. The normalized spacial score (nSPS) is 11.4. The minimum Gasteiger partial charge on any atom is -0.394 e. The van der Waals surface area contributed by atoms with E-state index in [1.54, 1.807) is 13.8 Å². The van der Waals surface area contributed by atoms with Gasteiger partial charge in [-0.05, 0) is 20.3 Å². The van der Waals surface area contributed by atoms with Crippen LogP contribution in [-0.2, 0) is 0 Å². The lowest BCUT2D eigenvalue weighted by molar-refractivity contribution is 0.233. The minimum atomic E-state index is -0.628. The lowest BCUT2D eigenvalue weighted by Crippen LogP contribution is -2.35. The number of hydrogen-bond acceptors (Lipinski definition) is 5. The fourth-order valence-corrected chi connectivity index (χ4v) is 1.14. The molecule has 0 aromatic carbocycles. The fraction of sp³-hybridized carbons (Fsp3) is 0.636. The molecular weight excluding hydrogens is 223 g/mol. The van der Waals surface area contributed by atoms with Crippen molar-refractivity contribution in [1.82, 2.24) is 9.97 Å². The van der Waals surface area contributed by atoms with Crippen molar-refractivity contribution in [3.63, 3.8) is 0 Å². The fourth-order valence-electron chi connectivity index (χ4n) is 1.14. The molecule has 0 aliphatic carbocycles. The Hall–Kier alpha value is -1.43. The first kappa shape index (κ1) is 13.6. The predicted molar refractivity (Wildman–Crippen MR) is 65.6 cm³/mol. The maximum absolute atomic E-state index is 13.5. The molecule has 0 saturated heterocycles. The average Bonchev–Trinajstić information content (AvgIpc) is 2.30. The number of anilines is 2. The summed E-state index contributed by atoms with van der Waals surface area (Å²) >= 11 is 0. The summed E-state index contributed by atoms with van der Waals surface area (Å²) in [6, 6.07) is 0. The summed E-state index contributed by atoms with van der Waals surface area (Å²) in [7, 11) is 0. The van der Waals surface area contributed by atoms with Crippen LogP contribution >= 0.6 is 0 Å². The number of halogens is 1. The van der Waals surface area contributed by atoms with Crippen LogP contribution in [-0.4, -0.2) is 33.8 Å². The van der Waals surface area contributed by atoms with Gasteiger partial charge in [0.2, 0.25) is 5.95 Å². The van der Waals surface area contributed by atoms with E-state index in [2.05, 4.69) is 20.6 Å². The van der Waals surface area contributed by atoms with E-state index in [1.165, 1.54) is 0 Å². The van der Waals surface area contributed by atoms with Crippen LogP contribution in [0.25, 0.3) is 0 Å². The summed E-state index contributed by atoms with van der Waals surface area (Å²) in [5.74, 6) is -0.0595. The first-order valence-corrected chi connectivity index (χ1v) is 5.64. The Balaban J connectivity index is 2.83. The third-order valence-electron chi connectivity index (χ3n) is 2.13. The number of nitrogens with one attached hydrogen (secondary N) is 2. The first-order valence-electron chi connectivity index (χ1n) is 5.64. The molecule has 6 heteroatoms. The second-order valence-corrected chi connectivity index (χ2v) is 4.48. The van der Waals surface area contributed by atoms with Crippen molar-refractivity contribution in [1.29, 1.82) is 0 Å². The highest BCUT2D eigenvalue weighted by Gasteiger charge is 2.19. The van der Waals surface area contributed by atoms with Crippen molar-refractivity contribution in [3.05, 3.63) is 12.0 Å². The monoisotopic (exact) mass is 242 g/mol. The van der Waals surface area contributed by atoms with Crippen molar-refractivity contribution >= 4 is 11.8 Å². The third-order valence-corrected chi connectivity index (χ3v) is 2.13. The second kappa shape index (κ2) is 5.77. The number of nitrogens with zero attached hydrogens (tertiary/aromatic N) is 2. The molecule has 1 heterocycles. The molecule has 0 saturated carbocycles. The number of aliphatic hydroxyl groups is 1. The summed E-state index contributed by atoms with van der Waals surface area (Å²) in [6.45, 7) is 6.15. The Morgan fingerprint density at radius 3 is 2.76 bits per heavy atom. The van der Waals surface area contributed by atoms with Gasteiger partial charge >= 0.3 is 0 Å². The van der Waals surface area contributed by atoms with Gasteiger partial charge in [-0.1, -0.05) is 6.92 Å². The zero-order valence-corrected chi connectivity index (χ0v) is 10.4. The number of aromatic nitrogens is 2. The van der Waals surface area contributed by atoms with Crippen molar-refractivity contribution in [2.45, 2.75) is 32.7 Å². The highest BCUT2D eigenvalue weighted by molar-refractivity contribution is 5.42. The molecule has 5 nitrogen and oxygen atoms in total. The molecule has 0 aliphatic rings. The zero-order valence-electron chi connectivity index (χ0n) is 10.4. The van der Waals surface area contributed by atoms with E-state index >= 15 is 0 Å². The smallest absolute Gasteiger partial charge is 0.224 e. The molecule has 1 aromatic rings.